The van der Waals surface area contributed by atoms with Crippen LogP contribution in [0.15, 0.2) is 0 Å². The lowest BCUT2D eigenvalue weighted by molar-refractivity contribution is -0.160. The van der Waals surface area contributed by atoms with E-state index >= 15 is 0 Å². The monoisotopic (exact) mass is 361 g/mol. The average molecular weight is 361 g/mol. The molecule has 2 atom stereocenters. The van der Waals surface area contributed by atoms with Gasteiger partial charge in [0.25, 0.3) is 0 Å². The van der Waals surface area contributed by atoms with Gasteiger partial charge in [0.05, 0.1) is 17.4 Å². The van der Waals surface area contributed by atoms with E-state index < -0.39 is 5.97 Å². The second-order valence-electron chi connectivity index (χ2n) is 9.90. The molecule has 144 valence electrons. The summed E-state index contributed by atoms with van der Waals surface area (Å²) in [6, 6.07) is 0. The minimum atomic E-state index is -0.723. The van der Waals surface area contributed by atoms with Crippen LogP contribution in [0.5, 0.6) is 0 Å². The van der Waals surface area contributed by atoms with Crippen molar-refractivity contribution in [3.63, 3.8) is 0 Å². The van der Waals surface area contributed by atoms with Gasteiger partial charge in [-0.1, -0.05) is 0 Å². The van der Waals surface area contributed by atoms with E-state index in [0.29, 0.717) is 24.9 Å². The zero-order valence-corrected chi connectivity index (χ0v) is 15.6. The number of nitrogens with zero attached hydrogens (tertiary/aromatic N) is 1. The van der Waals surface area contributed by atoms with Gasteiger partial charge in [0.15, 0.2) is 0 Å². The summed E-state index contributed by atoms with van der Waals surface area (Å²) in [6.45, 7) is 2.14. The molecule has 5 nitrogen and oxygen atoms in total. The summed E-state index contributed by atoms with van der Waals surface area (Å²) in [4.78, 5) is 27.0. The second-order valence-corrected chi connectivity index (χ2v) is 9.90. The van der Waals surface area contributed by atoms with Crippen molar-refractivity contribution in [3.05, 3.63) is 0 Å². The number of carbonyl (C=O) groups excluding carboxylic acids is 1. The van der Waals surface area contributed by atoms with E-state index in [0.717, 1.165) is 62.9 Å². The van der Waals surface area contributed by atoms with Crippen molar-refractivity contribution < 1.29 is 19.4 Å². The van der Waals surface area contributed by atoms with Crippen LogP contribution in [0.2, 0.25) is 0 Å². The highest BCUT2D eigenvalue weighted by Crippen LogP contribution is 2.60. The van der Waals surface area contributed by atoms with Crippen molar-refractivity contribution in [3.8, 4) is 0 Å². The molecule has 1 amide bonds. The number of carboxylic acids is 1. The van der Waals surface area contributed by atoms with Gasteiger partial charge >= 0.3 is 5.97 Å². The van der Waals surface area contributed by atoms with Crippen molar-refractivity contribution in [2.24, 2.45) is 35.0 Å². The summed E-state index contributed by atoms with van der Waals surface area (Å²) in [7, 11) is 0. The number of ether oxygens (including phenoxy) is 1. The lowest BCUT2D eigenvalue weighted by Gasteiger charge is -2.57. The van der Waals surface area contributed by atoms with Gasteiger partial charge in [-0.05, 0) is 81.5 Å². The molecule has 6 aliphatic rings. The Balaban J connectivity index is 1.23. The minimum absolute atomic E-state index is 0.0466. The Bertz CT molecular complexity index is 560. The standard InChI is InChI=1S/C21H31NO4/c23-19(24)17-3-6-26-18(17)16-1-4-22(5-2-16)20(25)21-10-13-7-14(11-21)9-15(8-13)12-21/h13-18H,1-12H2,(H,23,24)/t13?,14?,15?,17?,18-,21?/m0/s1. The van der Waals surface area contributed by atoms with E-state index in [-0.39, 0.29) is 17.4 Å². The first-order valence-corrected chi connectivity index (χ1v) is 10.7. The van der Waals surface area contributed by atoms with Crippen LogP contribution in [-0.4, -0.2) is 47.7 Å². The van der Waals surface area contributed by atoms with E-state index in [1.54, 1.807) is 0 Å². The van der Waals surface area contributed by atoms with E-state index in [1.807, 2.05) is 0 Å². The number of carboxylic acid groups (broad SMARTS) is 1. The maximum Gasteiger partial charge on any atom is 0.309 e. The van der Waals surface area contributed by atoms with Gasteiger partial charge < -0.3 is 14.7 Å². The molecule has 6 rings (SSSR count). The van der Waals surface area contributed by atoms with Crippen molar-refractivity contribution in [1.29, 1.82) is 0 Å². The number of hydrogen-bond donors (Lipinski definition) is 1. The van der Waals surface area contributed by atoms with Crippen LogP contribution < -0.4 is 0 Å². The quantitative estimate of drug-likeness (QED) is 0.839. The number of hydrogen-bond acceptors (Lipinski definition) is 3. The third-order valence-electron chi connectivity index (χ3n) is 8.24. The average Bonchev–Trinajstić information content (AvgIpc) is 3.10. The molecule has 4 saturated carbocycles. The van der Waals surface area contributed by atoms with E-state index in [9.17, 15) is 14.7 Å². The first kappa shape index (κ1) is 17.0. The predicted octanol–water partition coefficient (Wildman–Crippen LogP) is 2.93. The molecule has 1 unspecified atom stereocenters. The molecule has 0 spiro atoms. The van der Waals surface area contributed by atoms with E-state index in [4.69, 9.17) is 4.74 Å². The highest BCUT2D eigenvalue weighted by atomic mass is 16.5. The van der Waals surface area contributed by atoms with Crippen molar-refractivity contribution in [1.82, 2.24) is 4.90 Å². The molecule has 2 aliphatic heterocycles. The molecule has 0 aromatic carbocycles. The Morgan fingerprint density at radius 1 is 0.923 bits per heavy atom. The molecule has 1 N–H and O–H groups in total. The van der Waals surface area contributed by atoms with Gasteiger partial charge in [-0.3, -0.25) is 9.59 Å². The fraction of sp³-hybridized carbons (Fsp3) is 0.905. The maximum atomic E-state index is 13.5. The number of piperidine rings is 1. The number of carbonyl (C=O) groups is 2. The lowest BCUT2D eigenvalue weighted by Crippen LogP contribution is -2.56. The molecule has 26 heavy (non-hydrogen) atoms. The SMILES string of the molecule is O=C(O)C1CCO[C@H]1C1CCN(C(=O)C23CC4CC(CC(C4)C2)C3)CC1. The van der Waals surface area contributed by atoms with Gasteiger partial charge in [-0.15, -0.1) is 0 Å². The largest absolute Gasteiger partial charge is 0.481 e. The van der Waals surface area contributed by atoms with Gasteiger partial charge in [0.2, 0.25) is 5.91 Å². The first-order chi connectivity index (χ1) is 12.5. The van der Waals surface area contributed by atoms with Crippen LogP contribution in [0.4, 0.5) is 0 Å². The van der Waals surface area contributed by atoms with Crippen molar-refractivity contribution >= 4 is 11.9 Å². The molecular weight excluding hydrogens is 330 g/mol. The van der Waals surface area contributed by atoms with Crippen LogP contribution in [0.1, 0.15) is 57.8 Å². The zero-order valence-electron chi connectivity index (χ0n) is 15.6. The van der Waals surface area contributed by atoms with Gasteiger partial charge in [-0.25, -0.2) is 0 Å². The van der Waals surface area contributed by atoms with Crippen LogP contribution in [0, 0.1) is 35.0 Å². The van der Waals surface area contributed by atoms with Crippen LogP contribution in [0.25, 0.3) is 0 Å². The van der Waals surface area contributed by atoms with Crippen molar-refractivity contribution in [2.75, 3.05) is 19.7 Å². The van der Waals surface area contributed by atoms with Gasteiger partial charge in [0, 0.05) is 19.7 Å². The Kier molecular flexibility index (Phi) is 4.07. The molecule has 0 aromatic rings. The molecule has 0 radical (unpaired) electrons. The summed E-state index contributed by atoms with van der Waals surface area (Å²) in [5, 5.41) is 9.41. The normalized spacial score (nSPS) is 45.2. The Morgan fingerprint density at radius 3 is 2.04 bits per heavy atom. The van der Waals surface area contributed by atoms with Crippen LogP contribution >= 0.6 is 0 Å². The first-order valence-electron chi connectivity index (χ1n) is 10.7. The van der Waals surface area contributed by atoms with E-state index in [1.165, 1.54) is 19.3 Å². The second kappa shape index (κ2) is 6.22. The molecule has 5 heteroatoms. The summed E-state index contributed by atoms with van der Waals surface area (Å²) < 4.78 is 5.78. The molecule has 0 aromatic heterocycles. The molecule has 2 heterocycles. The molecule has 4 bridgehead atoms. The highest BCUT2D eigenvalue weighted by Gasteiger charge is 2.56. The summed E-state index contributed by atoms with van der Waals surface area (Å²) >= 11 is 0. The fourth-order valence-electron chi connectivity index (χ4n) is 7.48. The summed E-state index contributed by atoms with van der Waals surface area (Å²) in [5.41, 5.74) is -0.0466. The summed E-state index contributed by atoms with van der Waals surface area (Å²) in [5.74, 6) is 2.03. The van der Waals surface area contributed by atoms with Gasteiger partial charge in [-0.2, -0.15) is 0 Å². The Hall–Kier alpha value is -1.10. The fourth-order valence-corrected chi connectivity index (χ4v) is 7.48. The number of amides is 1. The van der Waals surface area contributed by atoms with E-state index in [2.05, 4.69) is 4.90 Å². The van der Waals surface area contributed by atoms with Crippen LogP contribution in [-0.2, 0) is 14.3 Å². The molecular formula is C21H31NO4. The van der Waals surface area contributed by atoms with Crippen LogP contribution in [0.3, 0.4) is 0 Å². The third-order valence-corrected chi connectivity index (χ3v) is 8.24. The highest BCUT2D eigenvalue weighted by molar-refractivity contribution is 5.83. The predicted molar refractivity (Wildman–Crippen MR) is 95.4 cm³/mol. The molecule has 2 saturated heterocycles. The minimum Gasteiger partial charge on any atom is -0.481 e. The number of likely N-dealkylation sites (tertiary alicyclic amines) is 1. The third kappa shape index (κ3) is 2.69. The Morgan fingerprint density at radius 2 is 1.50 bits per heavy atom. The number of aliphatic carboxylic acids is 1. The molecule has 4 aliphatic carbocycles. The zero-order chi connectivity index (χ0) is 17.9. The van der Waals surface area contributed by atoms with Gasteiger partial charge in [0.1, 0.15) is 0 Å². The maximum absolute atomic E-state index is 13.5. The number of rotatable bonds is 3. The smallest absolute Gasteiger partial charge is 0.309 e. The Labute approximate surface area is 155 Å². The van der Waals surface area contributed by atoms with Crippen molar-refractivity contribution in [2.45, 2.75) is 63.9 Å². The topological polar surface area (TPSA) is 66.8 Å². The summed E-state index contributed by atoms with van der Waals surface area (Å²) in [6.07, 6.45) is 9.76. The molecule has 6 fully saturated rings. The lowest BCUT2D eigenvalue weighted by atomic mass is 9.49.